The number of piperazine rings is 1. The van der Waals surface area contributed by atoms with E-state index in [0.29, 0.717) is 0 Å². The first kappa shape index (κ1) is 11.4. The molecule has 0 amide bonds. The first-order chi connectivity index (χ1) is 7.27. The number of nitrogens with one attached hydrogen (secondary N) is 1. The van der Waals surface area contributed by atoms with E-state index < -0.39 is 0 Å². The van der Waals surface area contributed by atoms with Crippen molar-refractivity contribution in [2.45, 2.75) is 25.8 Å². The van der Waals surface area contributed by atoms with Gasteiger partial charge in [-0.05, 0) is 39.3 Å². The fourth-order valence-electron chi connectivity index (χ4n) is 2.88. The van der Waals surface area contributed by atoms with E-state index in [1.165, 1.54) is 52.1 Å². The number of nitrogens with zero attached hydrogens (tertiary/aromatic N) is 2. The average Bonchev–Trinajstić information content (AvgIpc) is 2.26. The molecular formula is C12H25N3. The number of hydrogen-bond acceptors (Lipinski definition) is 3. The Morgan fingerprint density at radius 3 is 2.67 bits per heavy atom. The molecule has 0 saturated carbocycles. The van der Waals surface area contributed by atoms with E-state index in [9.17, 15) is 0 Å². The lowest BCUT2D eigenvalue weighted by Gasteiger charge is -2.40. The summed E-state index contributed by atoms with van der Waals surface area (Å²) in [5.74, 6) is 0.891. The van der Waals surface area contributed by atoms with Crippen LogP contribution in [0.2, 0.25) is 0 Å². The molecule has 3 heteroatoms. The Morgan fingerprint density at radius 1 is 1.20 bits per heavy atom. The molecule has 0 aromatic rings. The van der Waals surface area contributed by atoms with Crippen molar-refractivity contribution in [2.24, 2.45) is 5.92 Å². The summed E-state index contributed by atoms with van der Waals surface area (Å²) in [4.78, 5) is 5.16. The lowest BCUT2D eigenvalue weighted by molar-refractivity contribution is 0.0929. The van der Waals surface area contributed by atoms with Crippen molar-refractivity contribution in [3.05, 3.63) is 0 Å². The van der Waals surface area contributed by atoms with Gasteiger partial charge in [-0.2, -0.15) is 0 Å². The third kappa shape index (κ3) is 2.92. The van der Waals surface area contributed by atoms with E-state index in [1.807, 2.05) is 0 Å². The number of hydrogen-bond donors (Lipinski definition) is 1. The van der Waals surface area contributed by atoms with Crippen molar-refractivity contribution in [3.8, 4) is 0 Å². The summed E-state index contributed by atoms with van der Waals surface area (Å²) >= 11 is 0. The molecule has 0 aromatic carbocycles. The summed E-state index contributed by atoms with van der Waals surface area (Å²) in [5, 5.41) is 3.42. The quantitative estimate of drug-likeness (QED) is 0.722. The highest BCUT2D eigenvalue weighted by atomic mass is 15.2. The van der Waals surface area contributed by atoms with Gasteiger partial charge in [0.2, 0.25) is 0 Å². The Kier molecular flexibility index (Phi) is 4.00. The van der Waals surface area contributed by atoms with Crippen LogP contribution in [0.25, 0.3) is 0 Å². The molecule has 0 bridgehead atoms. The zero-order valence-electron chi connectivity index (χ0n) is 10.2. The van der Waals surface area contributed by atoms with Gasteiger partial charge in [0.15, 0.2) is 0 Å². The Morgan fingerprint density at radius 2 is 1.93 bits per heavy atom. The average molecular weight is 211 g/mol. The minimum Gasteiger partial charge on any atom is -0.314 e. The minimum atomic E-state index is 0.772. The van der Waals surface area contributed by atoms with E-state index in [0.717, 1.165) is 12.0 Å². The van der Waals surface area contributed by atoms with Crippen molar-refractivity contribution >= 4 is 0 Å². The molecule has 2 atom stereocenters. The van der Waals surface area contributed by atoms with E-state index in [2.05, 4.69) is 29.1 Å². The summed E-state index contributed by atoms with van der Waals surface area (Å²) in [6.45, 7) is 9.84. The Labute approximate surface area is 93.8 Å². The molecule has 88 valence electrons. The van der Waals surface area contributed by atoms with Gasteiger partial charge >= 0.3 is 0 Å². The van der Waals surface area contributed by atoms with Crippen molar-refractivity contribution in [1.29, 1.82) is 0 Å². The summed E-state index contributed by atoms with van der Waals surface area (Å²) < 4.78 is 0. The van der Waals surface area contributed by atoms with Crippen LogP contribution in [0.1, 0.15) is 19.8 Å². The largest absolute Gasteiger partial charge is 0.314 e. The Hall–Kier alpha value is -0.120. The second kappa shape index (κ2) is 5.28. The zero-order chi connectivity index (χ0) is 10.7. The SMILES string of the molecule is C[C@H]1[C@H](CN2CCNCC2)CCCN1C. The summed E-state index contributed by atoms with van der Waals surface area (Å²) in [5.41, 5.74) is 0. The topological polar surface area (TPSA) is 18.5 Å². The van der Waals surface area contributed by atoms with Crippen LogP contribution < -0.4 is 5.32 Å². The molecule has 2 rings (SSSR count). The molecule has 2 aliphatic rings. The second-order valence-corrected chi connectivity index (χ2v) is 5.17. The second-order valence-electron chi connectivity index (χ2n) is 5.17. The highest BCUT2D eigenvalue weighted by molar-refractivity contribution is 4.82. The van der Waals surface area contributed by atoms with Crippen LogP contribution in [0.4, 0.5) is 0 Å². The minimum absolute atomic E-state index is 0.772. The summed E-state index contributed by atoms with van der Waals surface area (Å²) in [6.07, 6.45) is 2.81. The highest BCUT2D eigenvalue weighted by Gasteiger charge is 2.27. The molecule has 0 aromatic heterocycles. The molecule has 1 N–H and O–H groups in total. The molecule has 2 fully saturated rings. The maximum absolute atomic E-state index is 3.42. The van der Waals surface area contributed by atoms with Crippen molar-refractivity contribution < 1.29 is 0 Å². The molecule has 0 spiro atoms. The zero-order valence-corrected chi connectivity index (χ0v) is 10.2. The molecule has 3 nitrogen and oxygen atoms in total. The summed E-state index contributed by atoms with van der Waals surface area (Å²) in [6, 6.07) is 0.772. The lowest BCUT2D eigenvalue weighted by Crippen LogP contribution is -2.50. The van der Waals surface area contributed by atoms with E-state index in [-0.39, 0.29) is 0 Å². The van der Waals surface area contributed by atoms with Gasteiger partial charge in [0.1, 0.15) is 0 Å². The number of likely N-dealkylation sites (tertiary alicyclic amines) is 1. The van der Waals surface area contributed by atoms with E-state index in [1.54, 1.807) is 0 Å². The Bertz CT molecular complexity index is 189. The van der Waals surface area contributed by atoms with Crippen LogP contribution in [0.3, 0.4) is 0 Å². The highest BCUT2D eigenvalue weighted by Crippen LogP contribution is 2.23. The van der Waals surface area contributed by atoms with Gasteiger partial charge < -0.3 is 15.1 Å². The lowest BCUT2D eigenvalue weighted by atomic mass is 9.90. The van der Waals surface area contributed by atoms with Crippen molar-refractivity contribution in [2.75, 3.05) is 46.3 Å². The number of piperidine rings is 1. The standard InChI is InChI=1S/C12H25N3/c1-11-12(4-3-7-14(11)2)10-15-8-5-13-6-9-15/h11-13H,3-10H2,1-2H3/t11-,12-/m0/s1. The van der Waals surface area contributed by atoms with Crippen LogP contribution in [0.5, 0.6) is 0 Å². The van der Waals surface area contributed by atoms with Gasteiger partial charge in [0, 0.05) is 38.8 Å². The first-order valence-electron chi connectivity index (χ1n) is 6.40. The van der Waals surface area contributed by atoms with Crippen LogP contribution in [-0.2, 0) is 0 Å². The molecule has 2 heterocycles. The Balaban J connectivity index is 1.81. The first-order valence-corrected chi connectivity index (χ1v) is 6.40. The third-order valence-electron chi connectivity index (χ3n) is 4.17. The predicted molar refractivity (Wildman–Crippen MR) is 64.1 cm³/mol. The maximum atomic E-state index is 3.42. The molecule has 0 radical (unpaired) electrons. The third-order valence-corrected chi connectivity index (χ3v) is 4.17. The molecule has 15 heavy (non-hydrogen) atoms. The monoisotopic (exact) mass is 211 g/mol. The van der Waals surface area contributed by atoms with Gasteiger partial charge in [-0.1, -0.05) is 0 Å². The van der Waals surface area contributed by atoms with Gasteiger partial charge in [-0.25, -0.2) is 0 Å². The molecular weight excluding hydrogens is 186 g/mol. The molecule has 0 unspecified atom stereocenters. The maximum Gasteiger partial charge on any atom is 0.0107 e. The molecule has 2 saturated heterocycles. The van der Waals surface area contributed by atoms with Crippen LogP contribution >= 0.6 is 0 Å². The van der Waals surface area contributed by atoms with Crippen molar-refractivity contribution in [3.63, 3.8) is 0 Å². The normalized spacial score (nSPS) is 35.6. The number of rotatable bonds is 2. The van der Waals surface area contributed by atoms with E-state index >= 15 is 0 Å². The predicted octanol–water partition coefficient (Wildman–Crippen LogP) is 0.622. The van der Waals surface area contributed by atoms with Crippen LogP contribution in [-0.4, -0.2) is 62.2 Å². The molecule has 0 aliphatic carbocycles. The van der Waals surface area contributed by atoms with Gasteiger partial charge in [-0.3, -0.25) is 0 Å². The van der Waals surface area contributed by atoms with Gasteiger partial charge in [-0.15, -0.1) is 0 Å². The fourth-order valence-corrected chi connectivity index (χ4v) is 2.88. The van der Waals surface area contributed by atoms with Crippen molar-refractivity contribution in [1.82, 2.24) is 15.1 Å². The van der Waals surface area contributed by atoms with Crippen LogP contribution in [0.15, 0.2) is 0 Å². The van der Waals surface area contributed by atoms with Gasteiger partial charge in [0.25, 0.3) is 0 Å². The molecule has 2 aliphatic heterocycles. The summed E-state index contributed by atoms with van der Waals surface area (Å²) in [7, 11) is 2.27. The van der Waals surface area contributed by atoms with Gasteiger partial charge in [0.05, 0.1) is 0 Å². The van der Waals surface area contributed by atoms with E-state index in [4.69, 9.17) is 0 Å². The fraction of sp³-hybridized carbons (Fsp3) is 1.00. The smallest absolute Gasteiger partial charge is 0.0107 e. The van der Waals surface area contributed by atoms with Crippen LogP contribution in [0, 0.1) is 5.92 Å².